The van der Waals surface area contributed by atoms with Gasteiger partial charge in [-0.3, -0.25) is 0 Å². The van der Waals surface area contributed by atoms with E-state index in [-0.39, 0.29) is 10.2 Å². The molecular formula is C20H22N4O5S. The van der Waals surface area contributed by atoms with Crippen molar-refractivity contribution in [2.45, 2.75) is 44.5 Å². The minimum Gasteiger partial charge on any atom is -0.394 e. The molecule has 0 spiro atoms. The maximum atomic E-state index is 10.5. The minimum atomic E-state index is -1.58. The van der Waals surface area contributed by atoms with Crippen LogP contribution in [0.5, 0.6) is 0 Å². The summed E-state index contributed by atoms with van der Waals surface area (Å²) in [5, 5.41) is 58.4. The Morgan fingerprint density at radius 1 is 1.10 bits per heavy atom. The third-order valence-electron chi connectivity index (χ3n) is 5.12. The number of hydrogen-bond donors (Lipinski definition) is 4. The molecule has 0 unspecified atom stereocenters. The van der Waals surface area contributed by atoms with Crippen molar-refractivity contribution in [1.29, 1.82) is 5.26 Å². The third kappa shape index (κ3) is 3.91. The summed E-state index contributed by atoms with van der Waals surface area (Å²) in [6.45, 7) is 2.79. The van der Waals surface area contributed by atoms with E-state index in [4.69, 9.17) is 17.0 Å². The van der Waals surface area contributed by atoms with Gasteiger partial charge in [-0.15, -0.1) is 5.11 Å². The zero-order valence-corrected chi connectivity index (χ0v) is 17.2. The topological polar surface area (TPSA) is 144 Å². The van der Waals surface area contributed by atoms with Crippen LogP contribution in [0, 0.1) is 29.8 Å². The molecule has 9 nitrogen and oxygen atoms in total. The number of nitrogens with zero attached hydrogens (tertiary/aromatic N) is 4. The predicted octanol–water partition coefficient (Wildman–Crippen LogP) is 2.09. The Morgan fingerprint density at radius 3 is 2.37 bits per heavy atom. The van der Waals surface area contributed by atoms with Crippen molar-refractivity contribution >= 4 is 23.6 Å². The number of aliphatic hydroxyl groups is 4. The first kappa shape index (κ1) is 22.2. The molecule has 0 amide bonds. The predicted molar refractivity (Wildman–Crippen MR) is 109 cm³/mol. The second kappa shape index (κ2) is 9.09. The van der Waals surface area contributed by atoms with Crippen molar-refractivity contribution in [3.05, 3.63) is 51.8 Å². The summed E-state index contributed by atoms with van der Waals surface area (Å²) in [5.41, 5.74) is 2.08. The summed E-state index contributed by atoms with van der Waals surface area (Å²) < 4.78 is 7.08. The van der Waals surface area contributed by atoms with Gasteiger partial charge in [0.1, 0.15) is 40.8 Å². The van der Waals surface area contributed by atoms with Crippen LogP contribution in [0.25, 0.3) is 0 Å². The largest absolute Gasteiger partial charge is 0.394 e. The molecule has 1 aliphatic rings. The van der Waals surface area contributed by atoms with Gasteiger partial charge in [0.25, 0.3) is 0 Å². The molecule has 158 valence electrons. The molecule has 3 rings (SSSR count). The van der Waals surface area contributed by atoms with E-state index < -0.39 is 37.3 Å². The van der Waals surface area contributed by atoms with Gasteiger partial charge in [0.15, 0.2) is 6.23 Å². The van der Waals surface area contributed by atoms with Crippen molar-refractivity contribution in [2.75, 3.05) is 6.61 Å². The normalized spacial score (nSPS) is 26.6. The highest BCUT2D eigenvalue weighted by Crippen LogP contribution is 2.36. The number of nitriles is 1. The smallest absolute Gasteiger partial charge is 0.164 e. The number of aromatic nitrogens is 1. The molecule has 0 saturated carbocycles. The lowest BCUT2D eigenvalue weighted by Gasteiger charge is -2.41. The number of aliphatic hydroxyl groups excluding tert-OH is 4. The molecule has 10 heteroatoms. The highest BCUT2D eigenvalue weighted by Gasteiger charge is 2.45. The number of pyridine rings is 1. The summed E-state index contributed by atoms with van der Waals surface area (Å²) in [7, 11) is 0. The van der Waals surface area contributed by atoms with Crippen molar-refractivity contribution in [3.63, 3.8) is 0 Å². The van der Waals surface area contributed by atoms with E-state index >= 15 is 0 Å². The lowest BCUT2D eigenvalue weighted by molar-refractivity contribution is -0.252. The lowest BCUT2D eigenvalue weighted by Crippen LogP contribution is -2.56. The first-order chi connectivity index (χ1) is 14.3. The van der Waals surface area contributed by atoms with Crippen LogP contribution in [-0.4, -0.2) is 56.0 Å². The van der Waals surface area contributed by atoms with Gasteiger partial charge in [-0.25, -0.2) is 0 Å². The van der Waals surface area contributed by atoms with Crippen molar-refractivity contribution < 1.29 is 25.2 Å². The van der Waals surface area contributed by atoms with Crippen LogP contribution in [-0.2, 0) is 4.74 Å². The van der Waals surface area contributed by atoms with Crippen molar-refractivity contribution in [2.24, 2.45) is 10.2 Å². The molecule has 1 aliphatic heterocycles. The molecule has 5 atom stereocenters. The van der Waals surface area contributed by atoms with E-state index in [1.165, 1.54) is 4.57 Å². The number of azo groups is 1. The standard InChI is InChI=1S/C20H22N4O5S/c1-10-13(8-21)20(30)24(19-18(28)17(27)16(26)14(9-25)29-19)11(2)15(10)23-22-12-6-4-3-5-7-12/h3-7,14,16-19,25-28H,9H2,1-2H3/t14-,16+,17+,18+,19+/m0/s1. The van der Waals surface area contributed by atoms with Gasteiger partial charge in [0.2, 0.25) is 0 Å². The molecule has 1 saturated heterocycles. The lowest BCUT2D eigenvalue weighted by atomic mass is 9.97. The van der Waals surface area contributed by atoms with Crippen LogP contribution < -0.4 is 0 Å². The fourth-order valence-corrected chi connectivity index (χ4v) is 3.86. The second-order valence-corrected chi connectivity index (χ2v) is 7.36. The highest BCUT2D eigenvalue weighted by molar-refractivity contribution is 7.71. The molecule has 30 heavy (non-hydrogen) atoms. The van der Waals surface area contributed by atoms with Gasteiger partial charge in [-0.2, -0.15) is 10.4 Å². The first-order valence-electron chi connectivity index (χ1n) is 9.24. The average Bonchev–Trinajstić information content (AvgIpc) is 2.74. The Labute approximate surface area is 178 Å². The Morgan fingerprint density at radius 2 is 1.77 bits per heavy atom. The van der Waals surface area contributed by atoms with Gasteiger partial charge < -0.3 is 29.7 Å². The van der Waals surface area contributed by atoms with Crippen molar-refractivity contribution in [1.82, 2.24) is 4.57 Å². The molecule has 2 heterocycles. The molecular weight excluding hydrogens is 408 g/mol. The van der Waals surface area contributed by atoms with E-state index in [2.05, 4.69) is 10.2 Å². The summed E-state index contributed by atoms with van der Waals surface area (Å²) in [6, 6.07) is 11.1. The maximum absolute atomic E-state index is 10.5. The number of benzene rings is 1. The van der Waals surface area contributed by atoms with Gasteiger partial charge in [0, 0.05) is 5.69 Å². The van der Waals surface area contributed by atoms with Crippen molar-refractivity contribution in [3.8, 4) is 6.07 Å². The molecule has 1 fully saturated rings. The minimum absolute atomic E-state index is 0.0792. The fraction of sp³-hybridized carbons (Fsp3) is 0.400. The summed E-state index contributed by atoms with van der Waals surface area (Å²) >= 11 is 5.45. The number of hydrogen-bond acceptors (Lipinski definition) is 9. The maximum Gasteiger partial charge on any atom is 0.164 e. The zero-order chi connectivity index (χ0) is 22.0. The third-order valence-corrected chi connectivity index (χ3v) is 5.52. The summed E-state index contributed by atoms with van der Waals surface area (Å²) in [6.07, 6.45) is -7.00. The summed E-state index contributed by atoms with van der Waals surface area (Å²) in [4.78, 5) is 0. The summed E-state index contributed by atoms with van der Waals surface area (Å²) in [5.74, 6) is 0. The van der Waals surface area contributed by atoms with E-state index in [1.54, 1.807) is 26.0 Å². The fourth-order valence-electron chi connectivity index (χ4n) is 3.42. The van der Waals surface area contributed by atoms with Crippen LogP contribution in [0.2, 0.25) is 0 Å². The average molecular weight is 430 g/mol. The first-order valence-corrected chi connectivity index (χ1v) is 9.65. The molecule has 0 bridgehead atoms. The molecule has 1 aromatic heterocycles. The van der Waals surface area contributed by atoms with Crippen LogP contribution >= 0.6 is 12.2 Å². The Bertz CT molecular complexity index is 1050. The molecule has 1 aromatic carbocycles. The molecule has 4 N–H and O–H groups in total. The van der Waals surface area contributed by atoms with Gasteiger partial charge in [-0.1, -0.05) is 30.4 Å². The highest BCUT2D eigenvalue weighted by atomic mass is 32.1. The van der Waals surface area contributed by atoms with Gasteiger partial charge >= 0.3 is 0 Å². The van der Waals surface area contributed by atoms with Crippen LogP contribution in [0.1, 0.15) is 23.0 Å². The van der Waals surface area contributed by atoms with E-state index in [0.717, 1.165) is 0 Å². The van der Waals surface area contributed by atoms with Crippen LogP contribution in [0.4, 0.5) is 11.4 Å². The Balaban J connectivity index is 2.17. The quantitative estimate of drug-likeness (QED) is 0.429. The monoisotopic (exact) mass is 430 g/mol. The number of ether oxygens (including phenoxy) is 1. The SMILES string of the molecule is Cc1c(N=Nc2ccccc2)c(C)n([C@@H]2O[C@@H](CO)[C@@H](O)[C@@H](O)[C@H]2O)c(=S)c1C#N. The second-order valence-electron chi connectivity index (χ2n) is 6.98. The van der Waals surface area contributed by atoms with Gasteiger partial charge in [0.05, 0.1) is 17.9 Å². The number of rotatable bonds is 4. The zero-order valence-electron chi connectivity index (χ0n) is 16.4. The van der Waals surface area contributed by atoms with E-state index in [9.17, 15) is 25.7 Å². The molecule has 0 aliphatic carbocycles. The van der Waals surface area contributed by atoms with Crippen LogP contribution in [0.15, 0.2) is 40.6 Å². The van der Waals surface area contributed by atoms with Crippen LogP contribution in [0.3, 0.4) is 0 Å². The molecule has 2 aromatic rings. The Kier molecular flexibility index (Phi) is 6.72. The molecule has 0 radical (unpaired) electrons. The van der Waals surface area contributed by atoms with E-state index in [1.807, 2.05) is 24.3 Å². The van der Waals surface area contributed by atoms with Gasteiger partial charge in [-0.05, 0) is 31.5 Å². The van der Waals surface area contributed by atoms with E-state index in [0.29, 0.717) is 22.6 Å². The Hall–Kier alpha value is -2.52.